The van der Waals surface area contributed by atoms with E-state index in [9.17, 15) is 4.79 Å². The first-order valence-electron chi connectivity index (χ1n) is 18.9. The molecule has 0 amide bonds. The van der Waals surface area contributed by atoms with Crippen molar-refractivity contribution in [1.29, 1.82) is 0 Å². The van der Waals surface area contributed by atoms with Gasteiger partial charge < -0.3 is 4.90 Å². The van der Waals surface area contributed by atoms with E-state index >= 15 is 0 Å². The Balaban J connectivity index is 0.000000966. The Morgan fingerprint density at radius 3 is 1.59 bits per heavy atom. The lowest BCUT2D eigenvalue weighted by Gasteiger charge is -2.24. The van der Waals surface area contributed by atoms with Crippen LogP contribution in [0, 0.1) is 24.1 Å². The van der Waals surface area contributed by atoms with E-state index in [-0.39, 0.29) is 11.2 Å². The van der Waals surface area contributed by atoms with Gasteiger partial charge in [-0.25, -0.2) is 18.6 Å². The van der Waals surface area contributed by atoms with Crippen LogP contribution in [0.25, 0.3) is 44.9 Å². The highest BCUT2D eigenvalue weighted by Gasteiger charge is 2.38. The summed E-state index contributed by atoms with van der Waals surface area (Å²) in [6.07, 6.45) is 8.30. The molecule has 2 aliphatic rings. The van der Waals surface area contributed by atoms with Crippen molar-refractivity contribution in [3.8, 4) is 33.6 Å². The molecule has 290 valence electrons. The molecular weight excluding hydrogens is 744 g/mol. The van der Waals surface area contributed by atoms with Crippen molar-refractivity contribution in [2.45, 2.75) is 33.1 Å². The van der Waals surface area contributed by atoms with Gasteiger partial charge in [0, 0.05) is 70.4 Å². The van der Waals surface area contributed by atoms with E-state index in [0.29, 0.717) is 11.1 Å². The van der Waals surface area contributed by atoms with Crippen LogP contribution in [0.15, 0.2) is 181 Å². The third-order valence-electron chi connectivity index (χ3n) is 10.7. The number of aromatic nitrogens is 1. The summed E-state index contributed by atoms with van der Waals surface area (Å²) in [6, 6.07) is 51.2. The summed E-state index contributed by atoms with van der Waals surface area (Å²) in [7, 11) is -2.83. The number of aryl methyl sites for hydroxylation is 2. The molecule has 58 heavy (non-hydrogen) atoms. The third kappa shape index (κ3) is 8.55. The normalized spacial score (nSPS) is 16.1. The number of para-hydroxylation sites is 1. The molecule has 0 saturated carbocycles. The molecule has 5 aromatic carbocycles. The van der Waals surface area contributed by atoms with Crippen molar-refractivity contribution in [3.63, 3.8) is 0 Å². The number of anilines is 1. The monoisotopic (exact) mass is 786 g/mol. The van der Waals surface area contributed by atoms with Crippen LogP contribution in [0.4, 0.5) is 5.69 Å². The molecule has 8 rings (SSSR count). The number of nitrogens with zero attached hydrogens (tertiary/aromatic N) is 2. The van der Waals surface area contributed by atoms with Crippen molar-refractivity contribution < 1.29 is 38.2 Å². The minimum atomic E-state index is -4.94. The predicted molar refractivity (Wildman–Crippen MR) is 220 cm³/mol. The van der Waals surface area contributed by atoms with E-state index in [1.807, 2.05) is 36.4 Å². The van der Waals surface area contributed by atoms with Crippen LogP contribution in [0.3, 0.4) is 0 Å². The molecule has 6 aromatic rings. The maximum Gasteiger partial charge on any atom is 0.219 e. The van der Waals surface area contributed by atoms with Crippen molar-refractivity contribution in [3.05, 3.63) is 203 Å². The molecule has 0 atom stereocenters. The highest BCUT2D eigenvalue weighted by Crippen LogP contribution is 2.47. The van der Waals surface area contributed by atoms with E-state index in [1.165, 1.54) is 22.4 Å². The number of rotatable bonds is 6. The van der Waals surface area contributed by atoms with Gasteiger partial charge in [-0.3, -0.25) is 4.79 Å². The second kappa shape index (κ2) is 16.3. The fourth-order valence-electron chi connectivity index (χ4n) is 7.74. The van der Waals surface area contributed by atoms with Gasteiger partial charge in [-0.1, -0.05) is 128 Å². The highest BCUT2D eigenvalue weighted by molar-refractivity contribution is 6.32. The highest BCUT2D eigenvalue weighted by atomic mass is 35.7. The minimum Gasteiger partial charge on any atom is -0.347 e. The third-order valence-corrected chi connectivity index (χ3v) is 10.7. The van der Waals surface area contributed by atoms with Crippen LogP contribution in [-0.4, -0.2) is 12.8 Å². The average Bonchev–Trinajstić information content (AvgIpc) is 3.41. The zero-order valence-electron chi connectivity index (χ0n) is 33.0. The Kier molecular flexibility index (Phi) is 11.3. The topological polar surface area (TPSA) is 116 Å². The largest absolute Gasteiger partial charge is 0.347 e. The van der Waals surface area contributed by atoms with Crippen LogP contribution in [-0.2, 0) is 10.2 Å². The lowest BCUT2D eigenvalue weighted by Crippen LogP contribution is -2.68. The Hall–Kier alpha value is -6.19. The number of likely N-dealkylation sites (N-methyl/N-ethyl adjacent to an activating group) is 1. The number of allylic oxidation sites excluding steroid dienone is 8. The summed E-state index contributed by atoms with van der Waals surface area (Å²) in [5.74, 6) is 0.00282. The zero-order chi connectivity index (χ0) is 41.2. The Morgan fingerprint density at radius 2 is 1.07 bits per heavy atom. The number of ketones is 1. The fourth-order valence-corrected chi connectivity index (χ4v) is 7.74. The molecule has 0 bridgehead atoms. The lowest BCUT2D eigenvalue weighted by molar-refractivity contribution is -2.00. The second-order valence-corrected chi connectivity index (χ2v) is 15.8. The minimum absolute atomic E-state index is 0.00282. The van der Waals surface area contributed by atoms with E-state index in [4.69, 9.17) is 18.6 Å². The lowest BCUT2D eigenvalue weighted by atomic mass is 9.83. The number of hydrogen-bond acceptors (Lipinski definition) is 6. The summed E-state index contributed by atoms with van der Waals surface area (Å²) in [6.45, 7) is 8.75. The Labute approximate surface area is 341 Å². The van der Waals surface area contributed by atoms with Crippen LogP contribution in [0.2, 0.25) is 0 Å². The maximum atomic E-state index is 14.6. The summed E-state index contributed by atoms with van der Waals surface area (Å²) in [5, 5.41) is 0. The first-order chi connectivity index (χ1) is 27.7. The van der Waals surface area contributed by atoms with Crippen molar-refractivity contribution >= 4 is 22.7 Å². The standard InChI is InChI=1S/C50H43N2O.ClHO4/c1-34-20-24-38(25-21-34)46-31-41(36-14-8-6-9-15-36)32-47(39-26-22-35(2)23-27-39)52(46)42-30-40(49(53)43(33-42)37-16-10-7-11-17-37)28-29-48-50(3,4)44-18-12-13-19-45(44)51(48)5;2-1(3,4)5/h6-33H,1-5H3;(H,2,3,4,5)/q+1;/p-1/b40-28-,48-29-;. The number of Topliss-reactive ketones (excluding diaryl/α,β-unsaturated/α-hetero) is 1. The summed E-state index contributed by atoms with van der Waals surface area (Å²) < 4.78 is 36.3. The van der Waals surface area contributed by atoms with Gasteiger partial charge in [0.05, 0.1) is 0 Å². The quantitative estimate of drug-likeness (QED) is 0.139. The Bertz CT molecular complexity index is 2530. The molecule has 0 N–H and O–H groups in total. The second-order valence-electron chi connectivity index (χ2n) is 15.0. The molecular formula is C50H43ClN2O5. The van der Waals surface area contributed by atoms with Crippen LogP contribution < -0.4 is 28.1 Å². The van der Waals surface area contributed by atoms with Crippen LogP contribution in [0.5, 0.6) is 0 Å². The Morgan fingerprint density at radius 1 is 0.586 bits per heavy atom. The van der Waals surface area contributed by atoms with Crippen LogP contribution >= 0.6 is 0 Å². The first-order valence-corrected chi connectivity index (χ1v) is 20.1. The molecule has 0 spiro atoms. The molecule has 8 heteroatoms. The predicted octanol–water partition coefficient (Wildman–Crippen LogP) is 6.58. The van der Waals surface area contributed by atoms with Crippen LogP contribution in [0.1, 0.15) is 36.1 Å². The van der Waals surface area contributed by atoms with E-state index in [2.05, 4.69) is 178 Å². The van der Waals surface area contributed by atoms with Gasteiger partial charge >= 0.3 is 0 Å². The number of fused-ring (bicyclic) bond motifs is 1. The molecule has 2 heterocycles. The number of halogens is 1. The number of carbonyl (C=O) groups is 1. The molecule has 1 aliphatic carbocycles. The maximum absolute atomic E-state index is 14.6. The zero-order valence-corrected chi connectivity index (χ0v) is 33.7. The van der Waals surface area contributed by atoms with Gasteiger partial charge in [0.2, 0.25) is 17.1 Å². The van der Waals surface area contributed by atoms with E-state index < -0.39 is 10.2 Å². The fraction of sp³-hybridized carbons (Fsp3) is 0.120. The molecule has 1 aromatic heterocycles. The van der Waals surface area contributed by atoms with Gasteiger partial charge in [0.1, 0.15) is 0 Å². The van der Waals surface area contributed by atoms with Gasteiger partial charge in [-0.05, 0) is 78.6 Å². The smallest absolute Gasteiger partial charge is 0.219 e. The number of pyridine rings is 1. The van der Waals surface area contributed by atoms with E-state index in [1.54, 1.807) is 0 Å². The van der Waals surface area contributed by atoms with E-state index in [0.717, 1.165) is 50.6 Å². The van der Waals surface area contributed by atoms with Gasteiger partial charge in [0.25, 0.3) is 0 Å². The molecule has 7 nitrogen and oxygen atoms in total. The van der Waals surface area contributed by atoms with Crippen molar-refractivity contribution in [2.24, 2.45) is 0 Å². The summed E-state index contributed by atoms with van der Waals surface area (Å²) in [4.78, 5) is 16.8. The number of benzene rings is 5. The first kappa shape index (κ1) is 40.0. The molecule has 0 fully saturated rings. The van der Waals surface area contributed by atoms with Crippen molar-refractivity contribution in [1.82, 2.24) is 0 Å². The van der Waals surface area contributed by atoms with Gasteiger partial charge in [-0.2, -0.15) is 4.57 Å². The SMILES string of the molecule is Cc1ccc(-c2cc(-c3ccccc3)cc(-c3ccc(C)cc3)[n+]2C2=C/C(=C/C=C3\N(C)c4ccccc4C3(C)C)C(=O)C(c3ccccc3)=C2)cc1.[O-][Cl+3]([O-])([O-])[O-]. The van der Waals surface area contributed by atoms with Crippen molar-refractivity contribution in [2.75, 3.05) is 11.9 Å². The van der Waals surface area contributed by atoms with Gasteiger partial charge in [0.15, 0.2) is 5.78 Å². The number of hydrogen-bond donors (Lipinski definition) is 0. The summed E-state index contributed by atoms with van der Waals surface area (Å²) >= 11 is 0. The summed E-state index contributed by atoms with van der Waals surface area (Å²) in [5.41, 5.74) is 15.4. The average molecular weight is 787 g/mol. The van der Waals surface area contributed by atoms with Gasteiger partial charge in [-0.15, -0.1) is 10.2 Å². The molecule has 1 aliphatic heterocycles. The number of carbonyl (C=O) groups excluding carboxylic acids is 1. The molecule has 0 saturated heterocycles. The molecule has 0 unspecified atom stereocenters. The molecule has 0 radical (unpaired) electrons.